The molecule has 0 bridgehead atoms. The molecule has 0 spiro atoms. The van der Waals surface area contributed by atoms with Crippen molar-refractivity contribution in [3.05, 3.63) is 17.5 Å². The van der Waals surface area contributed by atoms with Gasteiger partial charge in [-0.2, -0.15) is 0 Å². The minimum Gasteiger partial charge on any atom is -0.481 e. The van der Waals surface area contributed by atoms with Gasteiger partial charge in [0.15, 0.2) is 5.69 Å². The lowest BCUT2D eigenvalue weighted by molar-refractivity contribution is -0.138. The standard InChI is InChI=1S/C14H20N2O4/c1-9(2)11-7-10(16-20-11)13(19)15-14(8-12(17)18)5-3-4-6-14/h7,9H,3-6,8H2,1-2H3,(H,15,19)(H,17,18). The van der Waals surface area contributed by atoms with Gasteiger partial charge in [-0.15, -0.1) is 0 Å². The first kappa shape index (κ1) is 14.6. The van der Waals surface area contributed by atoms with Crippen LogP contribution >= 0.6 is 0 Å². The summed E-state index contributed by atoms with van der Waals surface area (Å²) in [5.74, 6) is -0.448. The molecule has 1 aromatic heterocycles. The highest BCUT2D eigenvalue weighted by Gasteiger charge is 2.38. The third-order valence-corrected chi connectivity index (χ3v) is 3.76. The van der Waals surface area contributed by atoms with Crippen LogP contribution in [0.25, 0.3) is 0 Å². The van der Waals surface area contributed by atoms with Crippen LogP contribution in [0.4, 0.5) is 0 Å². The first-order chi connectivity index (χ1) is 9.42. The summed E-state index contributed by atoms with van der Waals surface area (Å²) in [6.07, 6.45) is 3.21. The molecule has 1 aliphatic rings. The zero-order chi connectivity index (χ0) is 14.8. The number of hydrogen-bond donors (Lipinski definition) is 2. The van der Waals surface area contributed by atoms with Crippen molar-refractivity contribution in [1.29, 1.82) is 0 Å². The summed E-state index contributed by atoms with van der Waals surface area (Å²) in [7, 11) is 0. The Labute approximate surface area is 117 Å². The van der Waals surface area contributed by atoms with Crippen molar-refractivity contribution in [2.24, 2.45) is 0 Å². The Bertz CT molecular complexity index is 501. The second-order valence-electron chi connectivity index (χ2n) is 5.78. The molecule has 6 heteroatoms. The Balaban J connectivity index is 2.09. The number of carbonyl (C=O) groups excluding carboxylic acids is 1. The van der Waals surface area contributed by atoms with Gasteiger partial charge in [-0.1, -0.05) is 31.8 Å². The van der Waals surface area contributed by atoms with E-state index in [1.54, 1.807) is 6.07 Å². The fourth-order valence-corrected chi connectivity index (χ4v) is 2.66. The molecular formula is C14H20N2O4. The fourth-order valence-electron chi connectivity index (χ4n) is 2.66. The average Bonchev–Trinajstić information content (AvgIpc) is 2.96. The van der Waals surface area contributed by atoms with Crippen molar-refractivity contribution < 1.29 is 19.2 Å². The number of aliphatic carboxylic acids is 1. The summed E-state index contributed by atoms with van der Waals surface area (Å²) >= 11 is 0. The predicted octanol–water partition coefficient (Wildman–Crippen LogP) is 2.32. The minimum atomic E-state index is -0.893. The summed E-state index contributed by atoms with van der Waals surface area (Å²) < 4.78 is 5.10. The molecule has 1 aliphatic carbocycles. The smallest absolute Gasteiger partial charge is 0.305 e. The average molecular weight is 280 g/mol. The van der Waals surface area contributed by atoms with Crippen molar-refractivity contribution in [2.75, 3.05) is 0 Å². The summed E-state index contributed by atoms with van der Waals surface area (Å²) in [4.78, 5) is 23.2. The van der Waals surface area contributed by atoms with E-state index >= 15 is 0 Å². The number of carboxylic acids is 1. The van der Waals surface area contributed by atoms with Crippen molar-refractivity contribution in [3.8, 4) is 0 Å². The highest BCUT2D eigenvalue weighted by molar-refractivity contribution is 5.93. The topological polar surface area (TPSA) is 92.4 Å². The molecule has 2 rings (SSSR count). The third-order valence-electron chi connectivity index (χ3n) is 3.76. The van der Waals surface area contributed by atoms with E-state index in [0.29, 0.717) is 18.6 Å². The number of carboxylic acid groups (broad SMARTS) is 1. The van der Waals surface area contributed by atoms with Crippen LogP contribution < -0.4 is 5.32 Å². The molecule has 0 aromatic carbocycles. The highest BCUT2D eigenvalue weighted by Crippen LogP contribution is 2.33. The molecule has 1 amide bonds. The zero-order valence-electron chi connectivity index (χ0n) is 11.8. The second-order valence-corrected chi connectivity index (χ2v) is 5.78. The highest BCUT2D eigenvalue weighted by atomic mass is 16.5. The van der Waals surface area contributed by atoms with Gasteiger partial charge in [-0.3, -0.25) is 9.59 Å². The van der Waals surface area contributed by atoms with Crippen LogP contribution in [0.15, 0.2) is 10.6 Å². The van der Waals surface area contributed by atoms with Gasteiger partial charge in [0.25, 0.3) is 5.91 Å². The molecule has 1 saturated carbocycles. The van der Waals surface area contributed by atoms with E-state index in [0.717, 1.165) is 12.8 Å². The lowest BCUT2D eigenvalue weighted by atomic mass is 9.93. The van der Waals surface area contributed by atoms with Crippen molar-refractivity contribution in [3.63, 3.8) is 0 Å². The maximum Gasteiger partial charge on any atom is 0.305 e. The lowest BCUT2D eigenvalue weighted by Crippen LogP contribution is -2.47. The minimum absolute atomic E-state index is 0.0480. The summed E-state index contributed by atoms with van der Waals surface area (Å²) in [6.45, 7) is 3.90. The molecule has 0 aliphatic heterocycles. The molecule has 2 N–H and O–H groups in total. The van der Waals surface area contributed by atoms with Crippen molar-refractivity contribution in [1.82, 2.24) is 10.5 Å². The quantitative estimate of drug-likeness (QED) is 0.863. The first-order valence-electron chi connectivity index (χ1n) is 6.93. The van der Waals surface area contributed by atoms with Gasteiger partial charge in [0.05, 0.1) is 12.0 Å². The lowest BCUT2D eigenvalue weighted by Gasteiger charge is -2.28. The SMILES string of the molecule is CC(C)c1cc(C(=O)NC2(CC(=O)O)CCCC2)no1. The number of amides is 1. The van der Waals surface area contributed by atoms with Gasteiger partial charge < -0.3 is 14.9 Å². The monoisotopic (exact) mass is 280 g/mol. The molecule has 1 fully saturated rings. The largest absolute Gasteiger partial charge is 0.481 e. The Morgan fingerprint density at radius 3 is 2.60 bits per heavy atom. The van der Waals surface area contributed by atoms with Crippen LogP contribution in [0, 0.1) is 0 Å². The van der Waals surface area contributed by atoms with Gasteiger partial charge in [0, 0.05) is 12.0 Å². The molecule has 110 valence electrons. The van der Waals surface area contributed by atoms with Crippen LogP contribution in [0.3, 0.4) is 0 Å². The van der Waals surface area contributed by atoms with Gasteiger partial charge in [0.2, 0.25) is 0 Å². The van der Waals surface area contributed by atoms with Crippen LogP contribution in [0.5, 0.6) is 0 Å². The van der Waals surface area contributed by atoms with E-state index in [9.17, 15) is 9.59 Å². The molecule has 1 aromatic rings. The van der Waals surface area contributed by atoms with Crippen molar-refractivity contribution in [2.45, 2.75) is 57.4 Å². The Kier molecular flexibility index (Phi) is 4.11. The summed E-state index contributed by atoms with van der Waals surface area (Å²) in [5, 5.41) is 15.6. The molecule has 0 saturated heterocycles. The first-order valence-corrected chi connectivity index (χ1v) is 6.93. The van der Waals surface area contributed by atoms with Crippen LogP contribution in [-0.4, -0.2) is 27.7 Å². The third kappa shape index (κ3) is 3.18. The van der Waals surface area contributed by atoms with E-state index in [2.05, 4.69) is 10.5 Å². The van der Waals surface area contributed by atoms with Gasteiger partial charge >= 0.3 is 5.97 Å². The van der Waals surface area contributed by atoms with E-state index in [1.807, 2.05) is 13.8 Å². The number of aromatic nitrogens is 1. The van der Waals surface area contributed by atoms with Crippen molar-refractivity contribution >= 4 is 11.9 Å². The number of nitrogens with zero attached hydrogens (tertiary/aromatic N) is 1. The number of rotatable bonds is 5. The van der Waals surface area contributed by atoms with Crippen LogP contribution in [-0.2, 0) is 4.79 Å². The van der Waals surface area contributed by atoms with Gasteiger partial charge in [-0.25, -0.2) is 0 Å². The Morgan fingerprint density at radius 2 is 2.10 bits per heavy atom. The van der Waals surface area contributed by atoms with E-state index < -0.39 is 11.5 Å². The summed E-state index contributed by atoms with van der Waals surface area (Å²) in [5.41, 5.74) is -0.426. The van der Waals surface area contributed by atoms with Crippen LogP contribution in [0.1, 0.15) is 68.1 Å². The van der Waals surface area contributed by atoms with E-state index in [-0.39, 0.29) is 23.9 Å². The molecule has 0 atom stereocenters. The van der Waals surface area contributed by atoms with Gasteiger partial charge in [-0.05, 0) is 12.8 Å². The number of hydrogen-bond acceptors (Lipinski definition) is 4. The molecule has 1 heterocycles. The Morgan fingerprint density at radius 1 is 1.45 bits per heavy atom. The van der Waals surface area contributed by atoms with Crippen LogP contribution in [0.2, 0.25) is 0 Å². The molecule has 0 radical (unpaired) electrons. The molecule has 0 unspecified atom stereocenters. The summed E-state index contributed by atoms with van der Waals surface area (Å²) in [6, 6.07) is 1.61. The maximum absolute atomic E-state index is 12.2. The zero-order valence-corrected chi connectivity index (χ0v) is 11.8. The normalized spacial score (nSPS) is 17.4. The second kappa shape index (κ2) is 5.64. The van der Waals surface area contributed by atoms with E-state index in [1.165, 1.54) is 0 Å². The Hall–Kier alpha value is -1.85. The molecule has 20 heavy (non-hydrogen) atoms. The fraction of sp³-hybridized carbons (Fsp3) is 0.643. The predicted molar refractivity (Wildman–Crippen MR) is 71.5 cm³/mol. The van der Waals surface area contributed by atoms with E-state index in [4.69, 9.17) is 9.63 Å². The van der Waals surface area contributed by atoms with Gasteiger partial charge in [0.1, 0.15) is 5.76 Å². The number of nitrogens with one attached hydrogen (secondary N) is 1. The molecular weight excluding hydrogens is 260 g/mol. The maximum atomic E-state index is 12.2. The number of carbonyl (C=O) groups is 2. The molecule has 6 nitrogen and oxygen atoms in total.